The zero-order chi connectivity index (χ0) is 28.6. The molecule has 3 aromatic rings. The number of halogens is 4. The van der Waals surface area contributed by atoms with Gasteiger partial charge in [-0.15, -0.1) is 6.58 Å². The monoisotopic (exact) mass is 554 g/mol. The standard InChI is InChI=1S/C34H38F4O2/c1-3-5-21-40-30-20-17-26(31(35)34(30)38)12-9-22-7-10-23(11-8-22)27-18-19-28(33(37)32(27)36)24-13-15-25(16-14-24)29(39)6-4-2/h3,13-20,22-23,29,39H,1,4-12,21H2,2H3. The van der Waals surface area contributed by atoms with Gasteiger partial charge < -0.3 is 9.84 Å². The SMILES string of the molecule is C=CCCOc1ccc(CCC2CCC(c3ccc(-c4ccc(C(O)CCC)cc4)c(F)c3F)CC2)c(F)c1F. The van der Waals surface area contributed by atoms with Gasteiger partial charge in [0, 0.05) is 5.56 Å². The molecule has 0 heterocycles. The van der Waals surface area contributed by atoms with Crippen molar-refractivity contribution in [3.63, 3.8) is 0 Å². The van der Waals surface area contributed by atoms with Gasteiger partial charge in [-0.3, -0.25) is 0 Å². The van der Waals surface area contributed by atoms with Crippen molar-refractivity contribution in [1.82, 2.24) is 0 Å². The van der Waals surface area contributed by atoms with Crippen molar-refractivity contribution in [1.29, 1.82) is 0 Å². The van der Waals surface area contributed by atoms with E-state index in [1.54, 1.807) is 48.5 Å². The lowest BCUT2D eigenvalue weighted by Crippen LogP contribution is -2.16. The third kappa shape index (κ3) is 6.95. The summed E-state index contributed by atoms with van der Waals surface area (Å²) in [6.45, 7) is 5.82. The molecule has 0 aliphatic heterocycles. The largest absolute Gasteiger partial charge is 0.490 e. The van der Waals surface area contributed by atoms with E-state index in [9.17, 15) is 13.9 Å². The van der Waals surface area contributed by atoms with Crippen LogP contribution in [0.3, 0.4) is 0 Å². The number of aliphatic hydroxyl groups is 1. The molecule has 3 aromatic carbocycles. The first-order chi connectivity index (χ1) is 19.3. The van der Waals surface area contributed by atoms with Crippen LogP contribution in [0.15, 0.2) is 61.2 Å². The van der Waals surface area contributed by atoms with Crippen molar-refractivity contribution in [3.05, 3.63) is 101 Å². The zero-order valence-electron chi connectivity index (χ0n) is 23.1. The Balaban J connectivity index is 1.34. The van der Waals surface area contributed by atoms with Crippen LogP contribution in [0.25, 0.3) is 11.1 Å². The van der Waals surface area contributed by atoms with Crippen LogP contribution in [0.4, 0.5) is 17.6 Å². The summed E-state index contributed by atoms with van der Waals surface area (Å²) in [6, 6.07) is 13.3. The summed E-state index contributed by atoms with van der Waals surface area (Å²) in [7, 11) is 0. The van der Waals surface area contributed by atoms with Gasteiger partial charge >= 0.3 is 0 Å². The van der Waals surface area contributed by atoms with E-state index in [0.717, 1.165) is 37.7 Å². The molecule has 0 aromatic heterocycles. The Labute approximate surface area is 234 Å². The van der Waals surface area contributed by atoms with Gasteiger partial charge in [0.1, 0.15) is 0 Å². The molecule has 1 saturated carbocycles. The van der Waals surface area contributed by atoms with E-state index in [-0.39, 0.29) is 23.8 Å². The molecule has 1 atom stereocenters. The summed E-state index contributed by atoms with van der Waals surface area (Å²) in [5.74, 6) is -3.33. The lowest BCUT2D eigenvalue weighted by molar-refractivity contribution is 0.166. The number of benzene rings is 3. The Bertz CT molecular complexity index is 1280. The van der Waals surface area contributed by atoms with Crippen LogP contribution in [-0.2, 0) is 6.42 Å². The van der Waals surface area contributed by atoms with Crippen LogP contribution in [0.1, 0.15) is 87.0 Å². The van der Waals surface area contributed by atoms with Gasteiger partial charge in [0.2, 0.25) is 5.82 Å². The normalized spacial score (nSPS) is 17.9. The topological polar surface area (TPSA) is 29.5 Å². The molecule has 1 unspecified atom stereocenters. The maximum absolute atomic E-state index is 15.2. The first-order valence-corrected chi connectivity index (χ1v) is 14.3. The second-order valence-corrected chi connectivity index (χ2v) is 10.8. The fourth-order valence-electron chi connectivity index (χ4n) is 5.68. The van der Waals surface area contributed by atoms with Crippen molar-refractivity contribution >= 4 is 0 Å². The Morgan fingerprint density at radius 3 is 2.30 bits per heavy atom. The van der Waals surface area contributed by atoms with Crippen LogP contribution in [0, 0.1) is 29.2 Å². The van der Waals surface area contributed by atoms with Gasteiger partial charge in [-0.1, -0.05) is 61.9 Å². The summed E-state index contributed by atoms with van der Waals surface area (Å²) in [5, 5.41) is 10.2. The number of hydrogen-bond donors (Lipinski definition) is 1. The van der Waals surface area contributed by atoms with E-state index < -0.39 is 29.4 Å². The molecule has 1 aliphatic rings. The molecule has 4 rings (SSSR count). The van der Waals surface area contributed by atoms with Crippen molar-refractivity contribution in [2.75, 3.05) is 6.61 Å². The molecule has 6 heteroatoms. The highest BCUT2D eigenvalue weighted by Gasteiger charge is 2.27. The number of hydrogen-bond acceptors (Lipinski definition) is 2. The second-order valence-electron chi connectivity index (χ2n) is 10.8. The number of aliphatic hydroxyl groups excluding tert-OH is 1. The predicted octanol–water partition coefficient (Wildman–Crippen LogP) is 9.60. The summed E-state index contributed by atoms with van der Waals surface area (Å²) < 4.78 is 64.6. The maximum atomic E-state index is 15.2. The Hall–Kier alpha value is -3.12. The van der Waals surface area contributed by atoms with Crippen LogP contribution >= 0.6 is 0 Å². The van der Waals surface area contributed by atoms with Crippen molar-refractivity contribution in [3.8, 4) is 16.9 Å². The highest BCUT2D eigenvalue weighted by Crippen LogP contribution is 2.40. The Kier molecular flexibility index (Phi) is 10.4. The molecule has 0 radical (unpaired) electrons. The summed E-state index contributed by atoms with van der Waals surface area (Å²) in [4.78, 5) is 0. The quantitative estimate of drug-likeness (QED) is 0.137. The van der Waals surface area contributed by atoms with Crippen LogP contribution in [0.2, 0.25) is 0 Å². The van der Waals surface area contributed by atoms with Gasteiger partial charge in [-0.05, 0) is 91.5 Å². The molecule has 1 fully saturated rings. The second kappa shape index (κ2) is 14.0. The molecule has 1 aliphatic carbocycles. The van der Waals surface area contributed by atoms with E-state index in [0.29, 0.717) is 48.3 Å². The first-order valence-electron chi connectivity index (χ1n) is 14.3. The predicted molar refractivity (Wildman–Crippen MR) is 151 cm³/mol. The van der Waals surface area contributed by atoms with E-state index in [4.69, 9.17) is 4.74 Å². The van der Waals surface area contributed by atoms with Crippen molar-refractivity contribution < 1.29 is 27.4 Å². The van der Waals surface area contributed by atoms with Gasteiger partial charge in [0.05, 0.1) is 12.7 Å². The molecule has 214 valence electrons. The lowest BCUT2D eigenvalue weighted by Gasteiger charge is -2.29. The maximum Gasteiger partial charge on any atom is 0.200 e. The van der Waals surface area contributed by atoms with Crippen LogP contribution in [0.5, 0.6) is 5.75 Å². The lowest BCUT2D eigenvalue weighted by atomic mass is 9.76. The molecule has 0 bridgehead atoms. The molecule has 0 spiro atoms. The fraction of sp³-hybridized carbons (Fsp3) is 0.412. The van der Waals surface area contributed by atoms with Crippen LogP contribution in [-0.4, -0.2) is 11.7 Å². The van der Waals surface area contributed by atoms with E-state index in [2.05, 4.69) is 6.58 Å². The molecular weight excluding hydrogens is 516 g/mol. The number of rotatable bonds is 12. The Morgan fingerprint density at radius 2 is 1.62 bits per heavy atom. The average Bonchev–Trinajstić information content (AvgIpc) is 2.97. The number of ether oxygens (including phenoxy) is 1. The summed E-state index contributed by atoms with van der Waals surface area (Å²) >= 11 is 0. The van der Waals surface area contributed by atoms with Crippen molar-refractivity contribution in [2.24, 2.45) is 5.92 Å². The fourth-order valence-corrected chi connectivity index (χ4v) is 5.68. The minimum Gasteiger partial charge on any atom is -0.490 e. The molecular formula is C34H38F4O2. The Morgan fingerprint density at radius 1 is 0.900 bits per heavy atom. The molecule has 1 N–H and O–H groups in total. The highest BCUT2D eigenvalue weighted by molar-refractivity contribution is 5.65. The highest BCUT2D eigenvalue weighted by atomic mass is 19.2. The van der Waals surface area contributed by atoms with Crippen molar-refractivity contribution in [2.45, 2.75) is 76.7 Å². The zero-order valence-corrected chi connectivity index (χ0v) is 23.1. The van der Waals surface area contributed by atoms with Gasteiger partial charge in [0.25, 0.3) is 0 Å². The number of aryl methyl sites for hydroxylation is 1. The van der Waals surface area contributed by atoms with Crippen LogP contribution < -0.4 is 4.74 Å². The third-order valence-electron chi connectivity index (χ3n) is 8.10. The first kappa shape index (κ1) is 29.9. The van der Waals surface area contributed by atoms with E-state index in [1.807, 2.05) is 6.92 Å². The molecule has 0 amide bonds. The van der Waals surface area contributed by atoms with Gasteiger partial charge in [0.15, 0.2) is 23.2 Å². The minimum absolute atomic E-state index is 0.0763. The minimum atomic E-state index is -0.962. The van der Waals surface area contributed by atoms with E-state index >= 15 is 8.78 Å². The molecule has 40 heavy (non-hydrogen) atoms. The summed E-state index contributed by atoms with van der Waals surface area (Å²) in [6.07, 6.45) is 7.34. The summed E-state index contributed by atoms with van der Waals surface area (Å²) in [5.41, 5.74) is 2.26. The smallest absolute Gasteiger partial charge is 0.200 e. The molecule has 2 nitrogen and oxygen atoms in total. The van der Waals surface area contributed by atoms with Gasteiger partial charge in [-0.2, -0.15) is 4.39 Å². The van der Waals surface area contributed by atoms with E-state index in [1.165, 1.54) is 6.07 Å². The molecule has 0 saturated heterocycles. The third-order valence-corrected chi connectivity index (χ3v) is 8.10. The van der Waals surface area contributed by atoms with Gasteiger partial charge in [-0.25, -0.2) is 13.2 Å². The average molecular weight is 555 g/mol.